The van der Waals surface area contributed by atoms with Crippen molar-refractivity contribution in [2.24, 2.45) is 4.99 Å². The van der Waals surface area contributed by atoms with E-state index in [1.807, 2.05) is 12.1 Å². The summed E-state index contributed by atoms with van der Waals surface area (Å²) in [6, 6.07) is 5.99. The van der Waals surface area contributed by atoms with Gasteiger partial charge in [0.1, 0.15) is 5.76 Å². The Bertz CT molecular complexity index is 477. The van der Waals surface area contributed by atoms with E-state index in [0.717, 1.165) is 31.2 Å². The number of hydrogen-bond acceptors (Lipinski definition) is 3. The second kappa shape index (κ2) is 7.63. The fourth-order valence-corrected chi connectivity index (χ4v) is 2.31. The van der Waals surface area contributed by atoms with E-state index in [0.29, 0.717) is 6.54 Å². The van der Waals surface area contributed by atoms with Crippen LogP contribution in [0.1, 0.15) is 18.2 Å². The molecule has 0 unspecified atom stereocenters. The molecule has 0 atom stereocenters. The standard InChI is InChI=1S/C14H19N3OS/c1-2-15-14(17-10-12-6-9-19-11-12)16-7-5-13-4-3-8-18-13/h3-4,6,8-9,11H,2,5,7,10H2,1H3,(H2,15,16,17). The SMILES string of the molecule is CCNC(=NCc1ccsc1)NCCc1ccco1. The molecule has 0 radical (unpaired) electrons. The van der Waals surface area contributed by atoms with E-state index in [9.17, 15) is 0 Å². The molecule has 0 bridgehead atoms. The molecule has 2 aromatic heterocycles. The lowest BCUT2D eigenvalue weighted by Gasteiger charge is -2.10. The van der Waals surface area contributed by atoms with Gasteiger partial charge in [0.2, 0.25) is 0 Å². The van der Waals surface area contributed by atoms with Gasteiger partial charge in [-0.3, -0.25) is 0 Å². The van der Waals surface area contributed by atoms with E-state index >= 15 is 0 Å². The number of aliphatic imine (C=N–C) groups is 1. The van der Waals surface area contributed by atoms with Crippen molar-refractivity contribution >= 4 is 17.3 Å². The minimum Gasteiger partial charge on any atom is -0.469 e. The van der Waals surface area contributed by atoms with E-state index in [1.54, 1.807) is 17.6 Å². The molecule has 0 saturated heterocycles. The van der Waals surface area contributed by atoms with Crippen molar-refractivity contribution < 1.29 is 4.42 Å². The normalized spacial score (nSPS) is 11.5. The Morgan fingerprint density at radius 1 is 1.37 bits per heavy atom. The first-order valence-corrected chi connectivity index (χ1v) is 7.38. The Morgan fingerprint density at radius 3 is 3.00 bits per heavy atom. The minimum absolute atomic E-state index is 0.708. The van der Waals surface area contributed by atoms with Crippen LogP contribution in [0.3, 0.4) is 0 Å². The Kier molecular flexibility index (Phi) is 5.49. The maximum Gasteiger partial charge on any atom is 0.191 e. The predicted molar refractivity (Wildman–Crippen MR) is 79.5 cm³/mol. The van der Waals surface area contributed by atoms with Crippen molar-refractivity contribution in [3.05, 3.63) is 46.5 Å². The van der Waals surface area contributed by atoms with Gasteiger partial charge in [-0.1, -0.05) is 0 Å². The van der Waals surface area contributed by atoms with Crippen molar-refractivity contribution in [3.8, 4) is 0 Å². The van der Waals surface area contributed by atoms with Gasteiger partial charge >= 0.3 is 0 Å². The summed E-state index contributed by atoms with van der Waals surface area (Å²) < 4.78 is 5.30. The van der Waals surface area contributed by atoms with Crippen molar-refractivity contribution in [2.45, 2.75) is 19.9 Å². The van der Waals surface area contributed by atoms with Gasteiger partial charge in [0.25, 0.3) is 0 Å². The van der Waals surface area contributed by atoms with E-state index < -0.39 is 0 Å². The van der Waals surface area contributed by atoms with Crippen molar-refractivity contribution in [1.29, 1.82) is 0 Å². The lowest BCUT2D eigenvalue weighted by molar-refractivity contribution is 0.507. The largest absolute Gasteiger partial charge is 0.469 e. The topological polar surface area (TPSA) is 49.6 Å². The van der Waals surface area contributed by atoms with Crippen molar-refractivity contribution in [3.63, 3.8) is 0 Å². The van der Waals surface area contributed by atoms with Crippen LogP contribution in [0.4, 0.5) is 0 Å². The highest BCUT2D eigenvalue weighted by Gasteiger charge is 1.99. The molecule has 2 rings (SSSR count). The average Bonchev–Trinajstić information content (AvgIpc) is 3.09. The summed E-state index contributed by atoms with van der Waals surface area (Å²) in [6.45, 7) is 4.44. The lowest BCUT2D eigenvalue weighted by Crippen LogP contribution is -2.38. The summed E-state index contributed by atoms with van der Waals surface area (Å²) in [5, 5.41) is 10.7. The third-order valence-corrected chi connectivity index (χ3v) is 3.32. The van der Waals surface area contributed by atoms with Crippen LogP contribution in [-0.4, -0.2) is 19.0 Å². The molecule has 102 valence electrons. The van der Waals surface area contributed by atoms with Crippen LogP contribution in [0.15, 0.2) is 44.6 Å². The lowest BCUT2D eigenvalue weighted by atomic mass is 10.3. The zero-order valence-electron chi connectivity index (χ0n) is 11.1. The molecule has 0 aliphatic rings. The number of nitrogens with one attached hydrogen (secondary N) is 2. The number of nitrogens with zero attached hydrogens (tertiary/aromatic N) is 1. The van der Waals surface area contributed by atoms with Crippen molar-refractivity contribution in [1.82, 2.24) is 10.6 Å². The quantitative estimate of drug-likeness (QED) is 0.630. The summed E-state index contributed by atoms with van der Waals surface area (Å²) in [5.41, 5.74) is 1.24. The number of hydrogen-bond donors (Lipinski definition) is 2. The molecule has 0 aromatic carbocycles. The molecule has 0 aliphatic carbocycles. The monoisotopic (exact) mass is 277 g/mol. The first kappa shape index (κ1) is 13.7. The summed E-state index contributed by atoms with van der Waals surface area (Å²) in [6.07, 6.45) is 2.56. The molecule has 0 saturated carbocycles. The Balaban J connectivity index is 1.79. The number of guanidine groups is 1. The maximum absolute atomic E-state index is 5.30. The maximum atomic E-state index is 5.30. The fourth-order valence-electron chi connectivity index (χ4n) is 1.65. The first-order valence-electron chi connectivity index (χ1n) is 6.44. The fraction of sp³-hybridized carbons (Fsp3) is 0.357. The van der Waals surface area contributed by atoms with E-state index in [-0.39, 0.29) is 0 Å². The number of rotatable bonds is 6. The summed E-state index contributed by atoms with van der Waals surface area (Å²) in [5.74, 6) is 1.83. The summed E-state index contributed by atoms with van der Waals surface area (Å²) in [7, 11) is 0. The van der Waals surface area contributed by atoms with Crippen LogP contribution in [0.5, 0.6) is 0 Å². The average molecular weight is 277 g/mol. The molecule has 19 heavy (non-hydrogen) atoms. The smallest absolute Gasteiger partial charge is 0.191 e. The Labute approximate surface area is 117 Å². The van der Waals surface area contributed by atoms with Gasteiger partial charge in [-0.2, -0.15) is 11.3 Å². The molecule has 2 heterocycles. The highest BCUT2D eigenvalue weighted by atomic mass is 32.1. The Morgan fingerprint density at radius 2 is 2.32 bits per heavy atom. The van der Waals surface area contributed by atoms with Gasteiger partial charge in [0, 0.05) is 19.5 Å². The van der Waals surface area contributed by atoms with E-state index in [4.69, 9.17) is 4.42 Å². The van der Waals surface area contributed by atoms with E-state index in [1.165, 1.54) is 5.56 Å². The zero-order chi connectivity index (χ0) is 13.3. The van der Waals surface area contributed by atoms with Gasteiger partial charge in [-0.05, 0) is 41.4 Å². The van der Waals surface area contributed by atoms with E-state index in [2.05, 4.69) is 39.4 Å². The van der Waals surface area contributed by atoms with Crippen LogP contribution in [0, 0.1) is 0 Å². The third-order valence-electron chi connectivity index (χ3n) is 2.59. The Hall–Kier alpha value is -1.75. The van der Waals surface area contributed by atoms with Gasteiger partial charge in [-0.25, -0.2) is 4.99 Å². The highest BCUT2D eigenvalue weighted by Crippen LogP contribution is 2.06. The van der Waals surface area contributed by atoms with Gasteiger partial charge in [0.05, 0.1) is 12.8 Å². The van der Waals surface area contributed by atoms with Crippen LogP contribution in [0.25, 0.3) is 0 Å². The molecule has 2 aromatic rings. The molecule has 0 fully saturated rings. The van der Waals surface area contributed by atoms with Gasteiger partial charge < -0.3 is 15.1 Å². The molecule has 2 N–H and O–H groups in total. The molecule has 4 nitrogen and oxygen atoms in total. The molecule has 5 heteroatoms. The van der Waals surface area contributed by atoms with Crippen LogP contribution in [0.2, 0.25) is 0 Å². The second-order valence-corrected chi connectivity index (χ2v) is 4.86. The van der Waals surface area contributed by atoms with Crippen LogP contribution in [-0.2, 0) is 13.0 Å². The molecule has 0 amide bonds. The highest BCUT2D eigenvalue weighted by molar-refractivity contribution is 7.07. The second-order valence-electron chi connectivity index (χ2n) is 4.08. The van der Waals surface area contributed by atoms with Gasteiger partial charge in [0.15, 0.2) is 5.96 Å². The molecule has 0 spiro atoms. The van der Waals surface area contributed by atoms with Crippen molar-refractivity contribution in [2.75, 3.05) is 13.1 Å². The zero-order valence-corrected chi connectivity index (χ0v) is 11.9. The number of thiophene rings is 1. The molecule has 0 aliphatic heterocycles. The minimum atomic E-state index is 0.708. The molecular formula is C14H19N3OS. The predicted octanol–water partition coefficient (Wildman–Crippen LogP) is 2.64. The summed E-state index contributed by atoms with van der Waals surface area (Å²) >= 11 is 1.70. The van der Waals surface area contributed by atoms with Crippen LogP contribution >= 0.6 is 11.3 Å². The first-order chi connectivity index (χ1) is 9.38. The molecular weight excluding hydrogens is 258 g/mol. The third kappa shape index (κ3) is 4.79. The van der Waals surface area contributed by atoms with Gasteiger partial charge in [-0.15, -0.1) is 0 Å². The number of furan rings is 1. The summed E-state index contributed by atoms with van der Waals surface area (Å²) in [4.78, 5) is 4.55. The van der Waals surface area contributed by atoms with Crippen LogP contribution < -0.4 is 10.6 Å².